The van der Waals surface area contributed by atoms with E-state index in [9.17, 15) is 4.79 Å². The fourth-order valence-electron chi connectivity index (χ4n) is 2.85. The molecule has 0 atom stereocenters. The molecule has 0 spiro atoms. The van der Waals surface area contributed by atoms with Gasteiger partial charge in [0.15, 0.2) is 16.5 Å². The van der Waals surface area contributed by atoms with Crippen LogP contribution >= 0.6 is 11.3 Å². The van der Waals surface area contributed by atoms with Gasteiger partial charge in [-0.15, -0.1) is 11.3 Å². The molecule has 0 N–H and O–H groups in total. The normalized spacial score (nSPS) is 10.9. The van der Waals surface area contributed by atoms with E-state index in [2.05, 4.69) is 4.98 Å². The predicted molar refractivity (Wildman–Crippen MR) is 111 cm³/mol. The average Bonchev–Trinajstić information content (AvgIpc) is 3.35. The molecule has 2 aromatic heterocycles. The van der Waals surface area contributed by atoms with Gasteiger partial charge in [-0.1, -0.05) is 30.3 Å². The Kier molecular flexibility index (Phi) is 5.12. The predicted octanol–water partition coefficient (Wildman–Crippen LogP) is 5.02. The number of benzene rings is 2. The van der Waals surface area contributed by atoms with Crippen molar-refractivity contribution in [3.8, 4) is 16.5 Å². The van der Waals surface area contributed by atoms with Crippen molar-refractivity contribution in [1.29, 1.82) is 0 Å². The smallest absolute Gasteiger partial charge is 0.289 e. The first-order valence-corrected chi connectivity index (χ1v) is 9.83. The van der Waals surface area contributed by atoms with Gasteiger partial charge >= 0.3 is 0 Å². The van der Waals surface area contributed by atoms with Crippen molar-refractivity contribution in [3.63, 3.8) is 0 Å². The molecule has 4 aromatic rings. The van der Waals surface area contributed by atoms with Crippen molar-refractivity contribution in [2.24, 2.45) is 0 Å². The van der Waals surface area contributed by atoms with Crippen LogP contribution in [-0.4, -0.2) is 36.0 Å². The van der Waals surface area contributed by atoms with E-state index < -0.39 is 0 Å². The average molecular weight is 392 g/mol. The third kappa shape index (κ3) is 3.77. The Bertz CT molecular complexity index is 1080. The second-order valence-electron chi connectivity index (χ2n) is 6.49. The monoisotopic (exact) mass is 392 g/mol. The van der Waals surface area contributed by atoms with E-state index in [-0.39, 0.29) is 5.91 Å². The van der Waals surface area contributed by atoms with Gasteiger partial charge in [-0.25, -0.2) is 4.98 Å². The van der Waals surface area contributed by atoms with Crippen LogP contribution in [0.2, 0.25) is 0 Å². The first kappa shape index (κ1) is 18.3. The van der Waals surface area contributed by atoms with Crippen LogP contribution in [0.25, 0.3) is 21.0 Å². The lowest BCUT2D eigenvalue weighted by Gasteiger charge is -2.16. The Morgan fingerprint density at radius 3 is 2.71 bits per heavy atom. The maximum Gasteiger partial charge on any atom is 0.289 e. The lowest BCUT2D eigenvalue weighted by atomic mass is 10.2. The summed E-state index contributed by atoms with van der Waals surface area (Å²) in [6, 6.07) is 19.2. The number of amides is 1. The van der Waals surface area contributed by atoms with Crippen LogP contribution in [-0.2, 0) is 0 Å². The number of carbonyl (C=O) groups excluding carboxylic acids is 1. The van der Waals surface area contributed by atoms with E-state index in [1.807, 2.05) is 55.5 Å². The van der Waals surface area contributed by atoms with Crippen molar-refractivity contribution in [2.45, 2.75) is 6.92 Å². The summed E-state index contributed by atoms with van der Waals surface area (Å²) < 4.78 is 12.6. The molecule has 0 fully saturated rings. The molecule has 4 rings (SSSR count). The van der Waals surface area contributed by atoms with Gasteiger partial charge in [0.25, 0.3) is 5.91 Å². The number of para-hydroxylation sites is 2. The molecule has 0 saturated carbocycles. The highest BCUT2D eigenvalue weighted by Gasteiger charge is 2.18. The van der Waals surface area contributed by atoms with Gasteiger partial charge in [-0.2, -0.15) is 0 Å². The molecule has 28 heavy (non-hydrogen) atoms. The molecule has 1 amide bonds. The number of hydrogen-bond acceptors (Lipinski definition) is 5. The summed E-state index contributed by atoms with van der Waals surface area (Å²) in [5.41, 5.74) is 2.00. The van der Waals surface area contributed by atoms with Crippen molar-refractivity contribution in [1.82, 2.24) is 9.88 Å². The number of ether oxygens (including phenoxy) is 1. The topological polar surface area (TPSA) is 55.6 Å². The molecule has 0 aliphatic heterocycles. The Morgan fingerprint density at radius 1 is 1.11 bits per heavy atom. The number of rotatable bonds is 6. The van der Waals surface area contributed by atoms with Crippen LogP contribution in [0.4, 0.5) is 0 Å². The number of hydrogen-bond donors (Lipinski definition) is 0. The Hall–Kier alpha value is -3.12. The molecular formula is C22H20N2O3S. The van der Waals surface area contributed by atoms with Gasteiger partial charge in [0.2, 0.25) is 0 Å². The van der Waals surface area contributed by atoms with Crippen LogP contribution in [0.5, 0.6) is 5.75 Å². The number of thiazole rings is 1. The van der Waals surface area contributed by atoms with Crippen LogP contribution < -0.4 is 4.74 Å². The fourth-order valence-corrected chi connectivity index (χ4v) is 3.77. The SMILES string of the molecule is Cc1ccccc1OCCN(C)C(=O)c1ccc(-c2nc3ccccc3s2)o1. The summed E-state index contributed by atoms with van der Waals surface area (Å²) in [7, 11) is 1.74. The van der Waals surface area contributed by atoms with E-state index in [0.29, 0.717) is 24.7 Å². The summed E-state index contributed by atoms with van der Waals surface area (Å²) in [6.07, 6.45) is 0. The fraction of sp³-hybridized carbons (Fsp3) is 0.182. The van der Waals surface area contributed by atoms with E-state index in [4.69, 9.17) is 9.15 Å². The van der Waals surface area contributed by atoms with Gasteiger partial charge < -0.3 is 14.1 Å². The first-order chi connectivity index (χ1) is 13.6. The van der Waals surface area contributed by atoms with E-state index >= 15 is 0 Å². The second-order valence-corrected chi connectivity index (χ2v) is 7.52. The van der Waals surface area contributed by atoms with Crippen LogP contribution in [0.15, 0.2) is 65.1 Å². The first-order valence-electron chi connectivity index (χ1n) is 9.01. The maximum atomic E-state index is 12.6. The molecular weight excluding hydrogens is 372 g/mol. The third-order valence-electron chi connectivity index (χ3n) is 4.45. The molecule has 2 aromatic carbocycles. The quantitative estimate of drug-likeness (QED) is 0.462. The number of likely N-dealkylation sites (N-methyl/N-ethyl adjacent to an activating group) is 1. The lowest BCUT2D eigenvalue weighted by molar-refractivity contribution is 0.0743. The molecule has 142 valence electrons. The van der Waals surface area contributed by atoms with Crippen molar-refractivity contribution in [2.75, 3.05) is 20.2 Å². The molecule has 0 radical (unpaired) electrons. The minimum absolute atomic E-state index is 0.180. The van der Waals surface area contributed by atoms with Gasteiger partial charge in [-0.3, -0.25) is 4.79 Å². The molecule has 0 bridgehead atoms. The van der Waals surface area contributed by atoms with E-state index in [1.165, 1.54) is 0 Å². The molecule has 6 heteroatoms. The van der Waals surface area contributed by atoms with Crippen molar-refractivity contribution < 1.29 is 13.9 Å². The van der Waals surface area contributed by atoms with Crippen molar-refractivity contribution in [3.05, 3.63) is 72.0 Å². The number of aryl methyl sites for hydroxylation is 1. The molecule has 5 nitrogen and oxygen atoms in total. The zero-order chi connectivity index (χ0) is 19.5. The van der Waals surface area contributed by atoms with Crippen LogP contribution in [0.3, 0.4) is 0 Å². The highest BCUT2D eigenvalue weighted by atomic mass is 32.1. The Morgan fingerprint density at radius 2 is 1.89 bits per heavy atom. The summed E-state index contributed by atoms with van der Waals surface area (Å²) in [5, 5.41) is 0.769. The zero-order valence-electron chi connectivity index (χ0n) is 15.7. The molecule has 0 aliphatic rings. The molecule has 0 saturated heterocycles. The maximum absolute atomic E-state index is 12.6. The largest absolute Gasteiger partial charge is 0.491 e. The number of aromatic nitrogens is 1. The highest BCUT2D eigenvalue weighted by Crippen LogP contribution is 2.31. The van der Waals surface area contributed by atoms with Gasteiger partial charge in [-0.05, 0) is 42.8 Å². The summed E-state index contributed by atoms with van der Waals surface area (Å²) >= 11 is 1.55. The molecule has 0 aliphatic carbocycles. The minimum Gasteiger partial charge on any atom is -0.491 e. The van der Waals surface area contributed by atoms with Gasteiger partial charge in [0.1, 0.15) is 12.4 Å². The van der Waals surface area contributed by atoms with Gasteiger partial charge in [0.05, 0.1) is 16.8 Å². The third-order valence-corrected chi connectivity index (χ3v) is 5.50. The summed E-state index contributed by atoms with van der Waals surface area (Å²) in [4.78, 5) is 18.8. The number of fused-ring (bicyclic) bond motifs is 1. The summed E-state index contributed by atoms with van der Waals surface area (Å²) in [5.74, 6) is 1.56. The van der Waals surface area contributed by atoms with E-state index in [1.54, 1.807) is 35.4 Å². The number of furan rings is 1. The van der Waals surface area contributed by atoms with Gasteiger partial charge in [0, 0.05) is 7.05 Å². The summed E-state index contributed by atoms with van der Waals surface area (Å²) in [6.45, 7) is 2.87. The standard InChI is InChI=1S/C22H20N2O3S/c1-15-7-3-5-9-17(15)26-14-13-24(2)22(25)19-12-11-18(27-19)21-23-16-8-4-6-10-20(16)28-21/h3-12H,13-14H2,1-2H3. The Labute approximate surface area is 167 Å². The highest BCUT2D eigenvalue weighted by molar-refractivity contribution is 7.21. The molecule has 2 heterocycles. The van der Waals surface area contributed by atoms with Crippen LogP contribution in [0.1, 0.15) is 16.1 Å². The number of nitrogens with zero attached hydrogens (tertiary/aromatic N) is 2. The molecule has 0 unspecified atom stereocenters. The van der Waals surface area contributed by atoms with Crippen molar-refractivity contribution >= 4 is 27.5 Å². The van der Waals surface area contributed by atoms with E-state index in [0.717, 1.165) is 26.5 Å². The Balaban J connectivity index is 1.40. The van der Waals surface area contributed by atoms with Crippen LogP contribution in [0, 0.1) is 6.92 Å². The lowest BCUT2D eigenvalue weighted by Crippen LogP contribution is -2.30. The minimum atomic E-state index is -0.180. The zero-order valence-corrected chi connectivity index (χ0v) is 16.5. The number of carbonyl (C=O) groups is 1. The second kappa shape index (κ2) is 7.86.